The Morgan fingerprint density at radius 3 is 2.43 bits per heavy atom. The molecule has 7 nitrogen and oxygen atoms in total. The van der Waals surface area contributed by atoms with E-state index < -0.39 is 11.8 Å². The zero-order chi connectivity index (χ0) is 30.9. The van der Waals surface area contributed by atoms with Gasteiger partial charge in [-0.05, 0) is 60.5 Å². The molecule has 3 amide bonds. The second-order valence-electron chi connectivity index (χ2n) is 9.57. The summed E-state index contributed by atoms with van der Waals surface area (Å²) < 4.78 is 0. The number of halogens is 1. The number of thiazole rings is 1. The van der Waals surface area contributed by atoms with Gasteiger partial charge in [-0.3, -0.25) is 14.4 Å². The maximum absolute atomic E-state index is 13.4. The third-order valence-electron chi connectivity index (χ3n) is 6.38. The van der Waals surface area contributed by atoms with E-state index in [-0.39, 0.29) is 17.4 Å². The van der Waals surface area contributed by atoms with Crippen molar-refractivity contribution in [3.8, 4) is 11.3 Å². The SMILES string of the molecule is Cc1ccccc1/C=C(\NC(=O)c1ccccc1)C(=O)Nc1cccc(SCC(=O)Nc2nc(-c3ccccc3Cl)cs2)c1. The van der Waals surface area contributed by atoms with Crippen LogP contribution in [0.2, 0.25) is 5.02 Å². The van der Waals surface area contributed by atoms with E-state index >= 15 is 0 Å². The number of aromatic nitrogens is 1. The highest BCUT2D eigenvalue weighted by atomic mass is 35.5. The summed E-state index contributed by atoms with van der Waals surface area (Å²) in [7, 11) is 0. The molecule has 0 aliphatic carbocycles. The quantitative estimate of drug-likeness (QED) is 0.107. The lowest BCUT2D eigenvalue weighted by Gasteiger charge is -2.13. The van der Waals surface area contributed by atoms with Crippen LogP contribution in [0.1, 0.15) is 21.5 Å². The number of anilines is 2. The molecule has 0 aliphatic heterocycles. The van der Waals surface area contributed by atoms with Gasteiger partial charge in [-0.1, -0.05) is 78.3 Å². The van der Waals surface area contributed by atoms with E-state index in [1.165, 1.54) is 23.1 Å². The zero-order valence-electron chi connectivity index (χ0n) is 23.5. The summed E-state index contributed by atoms with van der Waals surface area (Å²) in [6.07, 6.45) is 1.66. The number of amides is 3. The number of benzene rings is 4. The molecule has 0 fully saturated rings. The minimum atomic E-state index is -0.476. The van der Waals surface area contributed by atoms with Crippen molar-refractivity contribution in [1.29, 1.82) is 0 Å². The summed E-state index contributed by atoms with van der Waals surface area (Å²) in [6.45, 7) is 1.93. The average molecular weight is 639 g/mol. The molecule has 0 saturated carbocycles. The van der Waals surface area contributed by atoms with E-state index in [9.17, 15) is 14.4 Å². The van der Waals surface area contributed by atoms with Crippen LogP contribution in [-0.2, 0) is 9.59 Å². The van der Waals surface area contributed by atoms with Crippen LogP contribution in [0, 0.1) is 6.92 Å². The summed E-state index contributed by atoms with van der Waals surface area (Å²) in [5.74, 6) is -0.938. The number of hydrogen-bond donors (Lipinski definition) is 3. The molecule has 0 saturated heterocycles. The molecular weight excluding hydrogens is 612 g/mol. The van der Waals surface area contributed by atoms with Gasteiger partial charge in [0, 0.05) is 32.1 Å². The largest absolute Gasteiger partial charge is 0.321 e. The maximum Gasteiger partial charge on any atom is 0.272 e. The van der Waals surface area contributed by atoms with Crippen LogP contribution in [0.5, 0.6) is 0 Å². The molecule has 5 rings (SSSR count). The second-order valence-corrected chi connectivity index (χ2v) is 11.9. The molecule has 0 radical (unpaired) electrons. The van der Waals surface area contributed by atoms with Gasteiger partial charge in [-0.2, -0.15) is 0 Å². The highest BCUT2D eigenvalue weighted by Gasteiger charge is 2.16. The molecule has 0 atom stereocenters. The number of carbonyl (C=O) groups excluding carboxylic acids is 3. The van der Waals surface area contributed by atoms with Crippen molar-refractivity contribution >= 4 is 69.3 Å². The van der Waals surface area contributed by atoms with Gasteiger partial charge < -0.3 is 16.0 Å². The molecular formula is C34H27ClN4O3S2. The van der Waals surface area contributed by atoms with Crippen LogP contribution in [0.25, 0.3) is 17.3 Å². The first-order chi connectivity index (χ1) is 21.4. The van der Waals surface area contributed by atoms with Crippen molar-refractivity contribution < 1.29 is 14.4 Å². The van der Waals surface area contributed by atoms with Crippen LogP contribution in [0.3, 0.4) is 0 Å². The molecule has 4 aromatic carbocycles. The fourth-order valence-electron chi connectivity index (χ4n) is 4.14. The van der Waals surface area contributed by atoms with Crippen molar-refractivity contribution in [2.45, 2.75) is 11.8 Å². The smallest absolute Gasteiger partial charge is 0.272 e. The third kappa shape index (κ3) is 8.23. The first-order valence-corrected chi connectivity index (χ1v) is 15.8. The fraction of sp³-hybridized carbons (Fsp3) is 0.0588. The Morgan fingerprint density at radius 2 is 1.64 bits per heavy atom. The number of carbonyl (C=O) groups is 3. The minimum absolute atomic E-state index is 0.102. The number of thioether (sulfide) groups is 1. The molecule has 10 heteroatoms. The van der Waals surface area contributed by atoms with Gasteiger partial charge >= 0.3 is 0 Å². The molecule has 0 bridgehead atoms. The number of aryl methyl sites for hydroxylation is 1. The monoisotopic (exact) mass is 638 g/mol. The molecule has 3 N–H and O–H groups in total. The molecule has 1 heterocycles. The first-order valence-electron chi connectivity index (χ1n) is 13.5. The third-order valence-corrected chi connectivity index (χ3v) is 8.46. The molecule has 0 aliphatic rings. The summed E-state index contributed by atoms with van der Waals surface area (Å²) in [5.41, 5.74) is 4.32. The molecule has 0 unspecified atom stereocenters. The van der Waals surface area contributed by atoms with E-state index in [1.807, 2.05) is 66.9 Å². The topological polar surface area (TPSA) is 100 Å². The Morgan fingerprint density at radius 1 is 0.886 bits per heavy atom. The molecule has 0 spiro atoms. The van der Waals surface area contributed by atoms with Crippen molar-refractivity contribution in [2.75, 3.05) is 16.4 Å². The number of rotatable bonds is 10. The zero-order valence-corrected chi connectivity index (χ0v) is 25.9. The van der Waals surface area contributed by atoms with Crippen molar-refractivity contribution in [3.63, 3.8) is 0 Å². The van der Waals surface area contributed by atoms with Gasteiger partial charge in [-0.25, -0.2) is 4.98 Å². The van der Waals surface area contributed by atoms with Crippen LogP contribution < -0.4 is 16.0 Å². The lowest BCUT2D eigenvalue weighted by Crippen LogP contribution is -2.30. The average Bonchev–Trinajstić information content (AvgIpc) is 3.49. The predicted octanol–water partition coefficient (Wildman–Crippen LogP) is 7.91. The van der Waals surface area contributed by atoms with Crippen LogP contribution in [0.4, 0.5) is 10.8 Å². The molecule has 1 aromatic heterocycles. The van der Waals surface area contributed by atoms with Crippen LogP contribution in [-0.4, -0.2) is 28.5 Å². The lowest BCUT2D eigenvalue weighted by molar-refractivity contribution is -0.114. The van der Waals surface area contributed by atoms with E-state index in [4.69, 9.17) is 11.6 Å². The molecule has 5 aromatic rings. The Balaban J connectivity index is 1.23. The van der Waals surface area contributed by atoms with Crippen molar-refractivity contribution in [3.05, 3.63) is 136 Å². The van der Waals surface area contributed by atoms with Gasteiger partial charge in [0.2, 0.25) is 5.91 Å². The van der Waals surface area contributed by atoms with Gasteiger partial charge in [0.25, 0.3) is 11.8 Å². The van der Waals surface area contributed by atoms with Gasteiger partial charge in [0.15, 0.2) is 5.13 Å². The molecule has 220 valence electrons. The lowest BCUT2D eigenvalue weighted by atomic mass is 10.1. The van der Waals surface area contributed by atoms with Gasteiger partial charge in [0.1, 0.15) is 5.70 Å². The van der Waals surface area contributed by atoms with Gasteiger partial charge in [0.05, 0.1) is 11.4 Å². The Labute approximate surface area is 268 Å². The second kappa shape index (κ2) is 14.7. The van der Waals surface area contributed by atoms with Crippen LogP contribution >= 0.6 is 34.7 Å². The summed E-state index contributed by atoms with van der Waals surface area (Å²) >= 11 is 8.92. The van der Waals surface area contributed by atoms with E-state index in [0.717, 1.165) is 21.6 Å². The maximum atomic E-state index is 13.4. The van der Waals surface area contributed by atoms with Crippen LogP contribution in [0.15, 0.2) is 119 Å². The normalized spacial score (nSPS) is 11.1. The number of nitrogens with zero attached hydrogens (tertiary/aromatic N) is 1. The first kappa shape index (κ1) is 30.7. The van der Waals surface area contributed by atoms with E-state index in [2.05, 4.69) is 20.9 Å². The summed E-state index contributed by atoms with van der Waals surface area (Å²) in [5, 5.41) is 11.4. The standard InChI is InChI=1S/C34H27ClN4O3S2/c1-22-10-5-6-13-24(22)18-29(37-32(41)23-11-3-2-4-12-23)33(42)36-25-14-9-15-26(19-25)43-21-31(40)39-34-38-30(20-44-34)27-16-7-8-17-28(27)35/h2-20H,21H2,1H3,(H,36,42)(H,37,41)(H,38,39,40)/b29-18-. The number of hydrogen-bond acceptors (Lipinski definition) is 6. The van der Waals surface area contributed by atoms with E-state index in [0.29, 0.717) is 27.1 Å². The predicted molar refractivity (Wildman–Crippen MR) is 180 cm³/mol. The van der Waals surface area contributed by atoms with Gasteiger partial charge in [-0.15, -0.1) is 23.1 Å². The van der Waals surface area contributed by atoms with Crippen molar-refractivity contribution in [1.82, 2.24) is 10.3 Å². The summed E-state index contributed by atoms with van der Waals surface area (Å²) in [6, 6.07) is 30.9. The number of nitrogens with one attached hydrogen (secondary N) is 3. The summed E-state index contributed by atoms with van der Waals surface area (Å²) in [4.78, 5) is 44.3. The highest BCUT2D eigenvalue weighted by Crippen LogP contribution is 2.30. The van der Waals surface area contributed by atoms with Crippen molar-refractivity contribution in [2.24, 2.45) is 0 Å². The Bertz CT molecular complexity index is 1840. The molecule has 44 heavy (non-hydrogen) atoms. The Kier molecular flexibility index (Phi) is 10.2. The van der Waals surface area contributed by atoms with E-state index in [1.54, 1.807) is 54.6 Å². The fourth-order valence-corrected chi connectivity index (χ4v) is 5.85. The Hall–Kier alpha value is -4.70. The highest BCUT2D eigenvalue weighted by molar-refractivity contribution is 8.00. The minimum Gasteiger partial charge on any atom is -0.321 e.